The fourth-order valence-electron chi connectivity index (χ4n) is 12.3. The Labute approximate surface area is 514 Å². The normalized spacial score (nSPS) is 12.5. The van der Waals surface area contributed by atoms with Gasteiger partial charge in [-0.3, -0.25) is 9.59 Å². The van der Waals surface area contributed by atoms with Gasteiger partial charge in [0.05, 0.1) is 25.4 Å². The van der Waals surface area contributed by atoms with E-state index in [0.29, 0.717) is 25.9 Å². The van der Waals surface area contributed by atoms with Gasteiger partial charge in [-0.1, -0.05) is 386 Å². The van der Waals surface area contributed by atoms with Gasteiger partial charge < -0.3 is 20.3 Å². The van der Waals surface area contributed by atoms with E-state index in [1.54, 1.807) is 0 Å². The number of nitrogens with one attached hydrogen (secondary N) is 1. The molecule has 0 radical (unpaired) electrons. The van der Waals surface area contributed by atoms with Crippen molar-refractivity contribution in [1.82, 2.24) is 5.32 Å². The fraction of sp³-hybridized carbons (Fsp3) is 0.947. The van der Waals surface area contributed by atoms with Gasteiger partial charge in [0.2, 0.25) is 5.91 Å². The summed E-state index contributed by atoms with van der Waals surface area (Å²) in [5.41, 5.74) is 0. The minimum absolute atomic E-state index is 0.0179. The molecule has 0 aromatic heterocycles. The number of amides is 1. The van der Waals surface area contributed by atoms with Crippen molar-refractivity contribution in [3.63, 3.8) is 0 Å². The van der Waals surface area contributed by atoms with Crippen molar-refractivity contribution in [2.24, 2.45) is 0 Å². The number of hydrogen-bond donors (Lipinski definition) is 3. The lowest BCUT2D eigenvalue weighted by atomic mass is 10.0. The number of rotatable bonds is 72. The van der Waals surface area contributed by atoms with Gasteiger partial charge in [-0.2, -0.15) is 0 Å². The molecule has 82 heavy (non-hydrogen) atoms. The lowest BCUT2D eigenvalue weighted by molar-refractivity contribution is -0.143. The van der Waals surface area contributed by atoms with Gasteiger partial charge in [-0.05, 0) is 51.4 Å². The standard InChI is InChI=1S/C76H149NO5/c1-3-5-7-9-11-13-15-17-18-19-20-21-22-26-29-32-35-38-41-45-48-52-56-60-64-68-74(79)73(72-78)77-75(80)69-65-61-57-53-49-46-42-39-36-33-30-27-24-23-25-28-31-34-37-40-43-47-51-55-59-63-67-71-82-76(81)70-66-62-58-54-50-44-16-14-12-10-8-6-4-2/h23-24,73-74,78-79H,3-22,25-72H2,1-2H3,(H,77,80)/b24-23-. The highest BCUT2D eigenvalue weighted by molar-refractivity contribution is 5.76. The first-order valence-electron chi connectivity index (χ1n) is 37.9. The third-order valence-corrected chi connectivity index (χ3v) is 18.1. The summed E-state index contributed by atoms with van der Waals surface area (Å²) in [6.45, 7) is 5.00. The lowest BCUT2D eigenvalue weighted by Crippen LogP contribution is -2.45. The molecule has 0 rings (SSSR count). The summed E-state index contributed by atoms with van der Waals surface area (Å²) >= 11 is 0. The minimum Gasteiger partial charge on any atom is -0.466 e. The largest absolute Gasteiger partial charge is 0.466 e. The second kappa shape index (κ2) is 72.1. The summed E-state index contributed by atoms with van der Waals surface area (Å²) in [6.07, 6.45) is 90.0. The first-order valence-corrected chi connectivity index (χ1v) is 37.9. The van der Waals surface area contributed by atoms with Crippen molar-refractivity contribution in [1.29, 1.82) is 0 Å². The quantitative estimate of drug-likeness (QED) is 0.0320. The van der Waals surface area contributed by atoms with Crippen LogP contribution in [0.3, 0.4) is 0 Å². The fourth-order valence-corrected chi connectivity index (χ4v) is 12.3. The molecule has 0 heterocycles. The molecule has 488 valence electrons. The molecule has 6 heteroatoms. The van der Waals surface area contributed by atoms with Crippen molar-refractivity contribution in [2.75, 3.05) is 13.2 Å². The van der Waals surface area contributed by atoms with E-state index in [-0.39, 0.29) is 18.5 Å². The zero-order valence-electron chi connectivity index (χ0n) is 56.0. The van der Waals surface area contributed by atoms with Gasteiger partial charge >= 0.3 is 5.97 Å². The van der Waals surface area contributed by atoms with Crippen LogP contribution in [0.5, 0.6) is 0 Å². The third-order valence-electron chi connectivity index (χ3n) is 18.1. The van der Waals surface area contributed by atoms with Crippen LogP contribution in [-0.4, -0.2) is 47.4 Å². The van der Waals surface area contributed by atoms with E-state index in [0.717, 1.165) is 38.5 Å². The van der Waals surface area contributed by atoms with Gasteiger partial charge in [0, 0.05) is 12.8 Å². The number of hydrogen-bond acceptors (Lipinski definition) is 5. The summed E-state index contributed by atoms with van der Waals surface area (Å²) < 4.78 is 5.49. The highest BCUT2D eigenvalue weighted by Gasteiger charge is 2.20. The van der Waals surface area contributed by atoms with Crippen LogP contribution in [0, 0.1) is 0 Å². The highest BCUT2D eigenvalue weighted by atomic mass is 16.5. The second-order valence-electron chi connectivity index (χ2n) is 26.3. The zero-order chi connectivity index (χ0) is 59.2. The lowest BCUT2D eigenvalue weighted by Gasteiger charge is -2.22. The average Bonchev–Trinajstić information content (AvgIpc) is 3.48. The van der Waals surface area contributed by atoms with E-state index in [2.05, 4.69) is 31.3 Å². The molecule has 0 saturated carbocycles. The van der Waals surface area contributed by atoms with E-state index >= 15 is 0 Å². The number of carbonyl (C=O) groups is 2. The molecule has 0 aliphatic rings. The van der Waals surface area contributed by atoms with Crippen molar-refractivity contribution < 1.29 is 24.5 Å². The van der Waals surface area contributed by atoms with Crippen LogP contribution in [0.15, 0.2) is 12.2 Å². The Hall–Kier alpha value is -1.40. The van der Waals surface area contributed by atoms with E-state index < -0.39 is 12.1 Å². The molecule has 0 saturated heterocycles. The highest BCUT2D eigenvalue weighted by Crippen LogP contribution is 2.20. The Morgan fingerprint density at radius 2 is 0.573 bits per heavy atom. The van der Waals surface area contributed by atoms with E-state index in [1.807, 2.05) is 0 Å². The predicted octanol–water partition coefficient (Wildman–Crippen LogP) is 24.7. The van der Waals surface area contributed by atoms with Crippen LogP contribution in [0.2, 0.25) is 0 Å². The van der Waals surface area contributed by atoms with Crippen LogP contribution in [0.1, 0.15) is 438 Å². The second-order valence-corrected chi connectivity index (χ2v) is 26.3. The summed E-state index contributed by atoms with van der Waals surface area (Å²) in [5, 5.41) is 23.5. The van der Waals surface area contributed by atoms with Gasteiger partial charge in [0.25, 0.3) is 0 Å². The maximum absolute atomic E-state index is 12.6. The van der Waals surface area contributed by atoms with E-state index in [4.69, 9.17) is 4.74 Å². The van der Waals surface area contributed by atoms with Crippen molar-refractivity contribution >= 4 is 11.9 Å². The SMILES string of the molecule is CCCCCCCCCCCCCCCCCCCCCCCCCCCC(O)C(CO)NC(=O)CCCCCCCCCCCCC/C=C\CCCCCCCCCCCCCCOC(=O)CCCCCCCCCCCCCCC. The van der Waals surface area contributed by atoms with Crippen LogP contribution >= 0.6 is 0 Å². The van der Waals surface area contributed by atoms with Gasteiger partial charge in [0.15, 0.2) is 0 Å². The molecule has 3 N–H and O–H groups in total. The number of esters is 1. The Kier molecular flexibility index (Phi) is 70.8. The maximum atomic E-state index is 12.6. The third kappa shape index (κ3) is 67.7. The van der Waals surface area contributed by atoms with Gasteiger partial charge in [-0.15, -0.1) is 0 Å². The number of carbonyl (C=O) groups excluding carboxylic acids is 2. The molecular formula is C76H149NO5. The molecule has 0 aliphatic carbocycles. The van der Waals surface area contributed by atoms with Crippen LogP contribution in [0.25, 0.3) is 0 Å². The van der Waals surface area contributed by atoms with E-state index in [1.165, 1.54) is 366 Å². The number of aliphatic hydroxyl groups is 2. The number of aliphatic hydroxyl groups excluding tert-OH is 2. The molecule has 0 bridgehead atoms. The molecule has 0 aliphatic heterocycles. The van der Waals surface area contributed by atoms with E-state index in [9.17, 15) is 19.8 Å². The molecule has 2 atom stereocenters. The van der Waals surface area contributed by atoms with Gasteiger partial charge in [0.1, 0.15) is 0 Å². The monoisotopic (exact) mass is 1160 g/mol. The van der Waals surface area contributed by atoms with Crippen LogP contribution in [0.4, 0.5) is 0 Å². The molecule has 0 aromatic carbocycles. The van der Waals surface area contributed by atoms with Crippen LogP contribution < -0.4 is 5.32 Å². The Balaban J connectivity index is 3.38. The van der Waals surface area contributed by atoms with Gasteiger partial charge in [-0.25, -0.2) is 0 Å². The molecule has 6 nitrogen and oxygen atoms in total. The molecular weight excluding hydrogens is 1010 g/mol. The first kappa shape index (κ1) is 80.6. The molecule has 0 spiro atoms. The van der Waals surface area contributed by atoms with Crippen molar-refractivity contribution in [3.05, 3.63) is 12.2 Å². The summed E-state index contributed by atoms with van der Waals surface area (Å²) in [7, 11) is 0. The molecule has 0 fully saturated rings. The average molecular weight is 1160 g/mol. The number of unbranched alkanes of at least 4 members (excludes halogenated alkanes) is 59. The summed E-state index contributed by atoms with van der Waals surface area (Å²) in [4.78, 5) is 24.6. The first-order chi connectivity index (χ1) is 40.5. The Morgan fingerprint density at radius 1 is 0.329 bits per heavy atom. The van der Waals surface area contributed by atoms with Crippen LogP contribution in [-0.2, 0) is 14.3 Å². The predicted molar refractivity (Wildman–Crippen MR) is 361 cm³/mol. The maximum Gasteiger partial charge on any atom is 0.305 e. The topological polar surface area (TPSA) is 95.9 Å². The minimum atomic E-state index is -0.666. The number of ether oxygens (including phenoxy) is 1. The zero-order valence-corrected chi connectivity index (χ0v) is 56.0. The Morgan fingerprint density at radius 3 is 0.866 bits per heavy atom. The Bertz CT molecular complexity index is 1240. The molecule has 0 aromatic rings. The molecule has 2 unspecified atom stereocenters. The van der Waals surface area contributed by atoms with Crippen molar-refractivity contribution in [2.45, 2.75) is 450 Å². The molecule has 1 amide bonds. The van der Waals surface area contributed by atoms with Crippen molar-refractivity contribution in [3.8, 4) is 0 Å². The smallest absolute Gasteiger partial charge is 0.305 e. The summed E-state index contributed by atoms with van der Waals surface area (Å²) in [5.74, 6) is -0.0119. The summed E-state index contributed by atoms with van der Waals surface area (Å²) in [6, 6.07) is -0.543. The number of allylic oxidation sites excluding steroid dienone is 2.